The number of anilines is 2. The van der Waals surface area contributed by atoms with Crippen LogP contribution in [0.4, 0.5) is 15.5 Å². The number of amides is 2. The van der Waals surface area contributed by atoms with Crippen molar-refractivity contribution in [3.05, 3.63) is 38.6 Å². The predicted molar refractivity (Wildman–Crippen MR) is 101 cm³/mol. The number of rotatable bonds is 4. The first kappa shape index (κ1) is 19.3. The molecule has 24 heavy (non-hydrogen) atoms. The van der Waals surface area contributed by atoms with Crippen molar-refractivity contribution in [3.8, 4) is 0 Å². The Morgan fingerprint density at radius 2 is 1.83 bits per heavy atom. The summed E-state index contributed by atoms with van der Waals surface area (Å²) in [5.74, 6) is 0. The van der Waals surface area contributed by atoms with Crippen LogP contribution in [-0.4, -0.2) is 19.7 Å². The molecule has 1 aromatic heterocycles. The Bertz CT molecular complexity index is 879. The summed E-state index contributed by atoms with van der Waals surface area (Å²) in [6.07, 6.45) is 0. The van der Waals surface area contributed by atoms with Gasteiger partial charge in [0.25, 0.3) is 0 Å². The normalized spacial score (nSPS) is 11.6. The lowest BCUT2D eigenvalue weighted by Crippen LogP contribution is -2.19. The molecule has 0 bridgehead atoms. The number of carbonyl (C=O) groups is 1. The van der Waals surface area contributed by atoms with E-state index in [0.717, 1.165) is 11.3 Å². The van der Waals surface area contributed by atoms with Gasteiger partial charge in [-0.1, -0.05) is 34.8 Å². The van der Waals surface area contributed by atoms with E-state index in [1.54, 1.807) is 26.0 Å². The fourth-order valence-corrected chi connectivity index (χ4v) is 5.10. The molecule has 2 rings (SSSR count). The number of benzene rings is 1. The van der Waals surface area contributed by atoms with Gasteiger partial charge in [-0.3, -0.25) is 5.32 Å². The maximum atomic E-state index is 12.2. The van der Waals surface area contributed by atoms with Gasteiger partial charge < -0.3 is 5.32 Å². The standard InChI is InChI=1S/C14H13Cl3N2O3S2/c1-7(2)24(21,22)11-6-23-13(12(11)17)19-14(20)18-10-4-3-8(15)5-9(10)16/h3-7H,1-2H3,(H2,18,19,20). The molecule has 1 aromatic carbocycles. The van der Waals surface area contributed by atoms with Crippen molar-refractivity contribution >= 4 is 72.7 Å². The van der Waals surface area contributed by atoms with Gasteiger partial charge in [-0.25, -0.2) is 13.2 Å². The SMILES string of the molecule is CC(C)S(=O)(=O)c1csc(NC(=O)Nc2ccc(Cl)cc2Cl)c1Cl. The summed E-state index contributed by atoms with van der Waals surface area (Å²) in [6.45, 7) is 3.12. The highest BCUT2D eigenvalue weighted by molar-refractivity contribution is 7.92. The lowest BCUT2D eigenvalue weighted by Gasteiger charge is -2.09. The predicted octanol–water partition coefficient (Wildman–Crippen LogP) is 5.53. The number of hydrogen-bond donors (Lipinski definition) is 2. The number of nitrogens with one attached hydrogen (secondary N) is 2. The zero-order valence-corrected chi connectivity index (χ0v) is 16.5. The van der Waals surface area contributed by atoms with Gasteiger partial charge in [-0.2, -0.15) is 0 Å². The van der Waals surface area contributed by atoms with Crippen molar-refractivity contribution in [3.63, 3.8) is 0 Å². The maximum Gasteiger partial charge on any atom is 0.324 e. The van der Waals surface area contributed by atoms with Crippen molar-refractivity contribution in [1.82, 2.24) is 0 Å². The fourth-order valence-electron chi connectivity index (χ4n) is 1.71. The third kappa shape index (κ3) is 4.15. The number of carbonyl (C=O) groups excluding carboxylic acids is 1. The number of sulfone groups is 1. The fraction of sp³-hybridized carbons (Fsp3) is 0.214. The minimum Gasteiger partial charge on any atom is -0.306 e. The van der Waals surface area contributed by atoms with Crippen LogP contribution in [0.3, 0.4) is 0 Å². The van der Waals surface area contributed by atoms with Crippen molar-refractivity contribution in [1.29, 1.82) is 0 Å². The largest absolute Gasteiger partial charge is 0.324 e. The summed E-state index contributed by atoms with van der Waals surface area (Å²) in [4.78, 5) is 12.1. The van der Waals surface area contributed by atoms with E-state index in [9.17, 15) is 13.2 Å². The van der Waals surface area contributed by atoms with E-state index < -0.39 is 21.1 Å². The molecule has 0 saturated heterocycles. The van der Waals surface area contributed by atoms with Gasteiger partial charge in [0, 0.05) is 10.4 Å². The Morgan fingerprint density at radius 1 is 1.17 bits per heavy atom. The van der Waals surface area contributed by atoms with E-state index in [4.69, 9.17) is 34.8 Å². The van der Waals surface area contributed by atoms with E-state index in [1.807, 2.05) is 0 Å². The third-order valence-corrected chi connectivity index (χ3v) is 7.42. The monoisotopic (exact) mass is 426 g/mol. The van der Waals surface area contributed by atoms with Crippen LogP contribution in [0.5, 0.6) is 0 Å². The van der Waals surface area contributed by atoms with Crippen LogP contribution >= 0.6 is 46.1 Å². The highest BCUT2D eigenvalue weighted by Gasteiger charge is 2.26. The van der Waals surface area contributed by atoms with Gasteiger partial charge in [-0.15, -0.1) is 11.3 Å². The lowest BCUT2D eigenvalue weighted by atomic mass is 10.3. The van der Waals surface area contributed by atoms with Crippen LogP contribution in [-0.2, 0) is 9.84 Å². The van der Waals surface area contributed by atoms with Crippen LogP contribution in [0.25, 0.3) is 0 Å². The molecular formula is C14H13Cl3N2O3S2. The molecule has 1 heterocycles. The summed E-state index contributed by atoms with van der Waals surface area (Å²) in [5, 5.41) is 6.79. The Kier molecular flexibility index (Phi) is 6.04. The minimum atomic E-state index is -3.52. The molecule has 0 radical (unpaired) electrons. The molecular weight excluding hydrogens is 415 g/mol. The van der Waals surface area contributed by atoms with Gasteiger partial charge in [0.1, 0.15) is 5.00 Å². The van der Waals surface area contributed by atoms with E-state index in [1.165, 1.54) is 11.4 Å². The first-order valence-corrected chi connectivity index (χ1v) is 10.2. The highest BCUT2D eigenvalue weighted by Crippen LogP contribution is 2.37. The Labute approximate surface area is 158 Å². The van der Waals surface area contributed by atoms with E-state index in [-0.39, 0.29) is 19.9 Å². The smallest absolute Gasteiger partial charge is 0.306 e. The molecule has 2 N–H and O–H groups in total. The molecule has 0 fully saturated rings. The zero-order valence-electron chi connectivity index (χ0n) is 12.6. The van der Waals surface area contributed by atoms with E-state index >= 15 is 0 Å². The second-order valence-corrected chi connectivity index (χ2v) is 9.61. The molecule has 2 amide bonds. The Morgan fingerprint density at radius 3 is 2.42 bits per heavy atom. The first-order valence-electron chi connectivity index (χ1n) is 6.67. The number of urea groups is 1. The van der Waals surface area contributed by atoms with E-state index in [0.29, 0.717) is 10.7 Å². The second-order valence-electron chi connectivity index (χ2n) is 5.04. The van der Waals surface area contributed by atoms with Crippen LogP contribution in [0.2, 0.25) is 15.1 Å². The van der Waals surface area contributed by atoms with Gasteiger partial charge in [0.15, 0.2) is 9.84 Å². The molecule has 0 atom stereocenters. The highest BCUT2D eigenvalue weighted by atomic mass is 35.5. The molecule has 10 heteroatoms. The van der Waals surface area contributed by atoms with Crippen molar-refractivity contribution in [2.24, 2.45) is 0 Å². The number of hydrogen-bond acceptors (Lipinski definition) is 4. The average molecular weight is 428 g/mol. The van der Waals surface area contributed by atoms with Crippen LogP contribution in [0.1, 0.15) is 13.8 Å². The molecule has 0 spiro atoms. The van der Waals surface area contributed by atoms with Gasteiger partial charge in [0.05, 0.1) is 25.9 Å². The summed E-state index contributed by atoms with van der Waals surface area (Å²) in [5.41, 5.74) is 0.362. The number of thiophene rings is 1. The molecule has 0 aliphatic rings. The quantitative estimate of drug-likeness (QED) is 0.673. The minimum absolute atomic E-state index is 0.00370. The summed E-state index contributed by atoms with van der Waals surface area (Å²) < 4.78 is 24.4. The molecule has 130 valence electrons. The van der Waals surface area contributed by atoms with Crippen molar-refractivity contribution < 1.29 is 13.2 Å². The molecule has 2 aromatic rings. The summed E-state index contributed by atoms with van der Waals surface area (Å²) in [6, 6.07) is 4.02. The van der Waals surface area contributed by atoms with Gasteiger partial charge in [0.2, 0.25) is 0 Å². The molecule has 0 aliphatic heterocycles. The van der Waals surface area contributed by atoms with Crippen molar-refractivity contribution in [2.45, 2.75) is 24.0 Å². The Hall–Kier alpha value is -0.990. The zero-order chi connectivity index (χ0) is 18.1. The number of halogens is 3. The molecule has 0 aliphatic carbocycles. The molecule has 5 nitrogen and oxygen atoms in total. The Balaban J connectivity index is 2.17. The van der Waals surface area contributed by atoms with Crippen molar-refractivity contribution in [2.75, 3.05) is 10.6 Å². The average Bonchev–Trinajstić information content (AvgIpc) is 2.83. The van der Waals surface area contributed by atoms with Gasteiger partial charge >= 0.3 is 6.03 Å². The molecule has 0 saturated carbocycles. The lowest BCUT2D eigenvalue weighted by molar-refractivity contribution is 0.262. The molecule has 0 unspecified atom stereocenters. The second kappa shape index (κ2) is 7.49. The summed E-state index contributed by atoms with van der Waals surface area (Å²) >= 11 is 18.9. The van der Waals surface area contributed by atoms with Crippen LogP contribution in [0.15, 0.2) is 28.5 Å². The maximum absolute atomic E-state index is 12.2. The first-order chi connectivity index (χ1) is 11.1. The topological polar surface area (TPSA) is 75.3 Å². The summed E-state index contributed by atoms with van der Waals surface area (Å²) in [7, 11) is -3.52. The van der Waals surface area contributed by atoms with Crippen LogP contribution < -0.4 is 10.6 Å². The third-order valence-electron chi connectivity index (χ3n) is 3.03. The van der Waals surface area contributed by atoms with Gasteiger partial charge in [-0.05, 0) is 32.0 Å². The van der Waals surface area contributed by atoms with Crippen LogP contribution in [0, 0.1) is 0 Å². The van der Waals surface area contributed by atoms with E-state index in [2.05, 4.69) is 10.6 Å².